The van der Waals surface area contributed by atoms with Crippen LogP contribution in [0.1, 0.15) is 18.5 Å². The summed E-state index contributed by atoms with van der Waals surface area (Å²) in [6, 6.07) is 10.9. The molecule has 2 aromatic rings. The summed E-state index contributed by atoms with van der Waals surface area (Å²) in [6.45, 7) is 1.80. The Hall–Kier alpha value is -1.95. The lowest BCUT2D eigenvalue weighted by Crippen LogP contribution is -2.08. The second kappa shape index (κ2) is 6.00. The lowest BCUT2D eigenvalue weighted by atomic mass is 10.1. The van der Waals surface area contributed by atoms with Gasteiger partial charge < -0.3 is 5.32 Å². The van der Waals surface area contributed by atoms with E-state index in [0.717, 1.165) is 0 Å². The maximum atomic E-state index is 13.7. The maximum Gasteiger partial charge on any atom is 0.285 e. The number of anilines is 1. The van der Waals surface area contributed by atoms with Crippen LogP contribution >= 0.6 is 15.9 Å². The standard InChI is InChI=1S/C14H12BrFN2O2/c1-9(11-4-2-3-5-13(11)16)17-10-6-7-12(15)14(8-10)18(19)20/h2-9,17H,1H3. The Morgan fingerprint density at radius 1 is 1.30 bits per heavy atom. The molecule has 0 fully saturated rings. The molecule has 1 unspecified atom stereocenters. The van der Waals surface area contributed by atoms with Gasteiger partial charge in [0.05, 0.1) is 15.4 Å². The molecule has 4 nitrogen and oxygen atoms in total. The molecule has 0 spiro atoms. The van der Waals surface area contributed by atoms with Crippen LogP contribution in [0.2, 0.25) is 0 Å². The van der Waals surface area contributed by atoms with Crippen molar-refractivity contribution in [2.45, 2.75) is 13.0 Å². The number of benzene rings is 2. The van der Waals surface area contributed by atoms with Crippen molar-refractivity contribution >= 4 is 27.3 Å². The van der Waals surface area contributed by atoms with Gasteiger partial charge in [0, 0.05) is 17.3 Å². The van der Waals surface area contributed by atoms with Gasteiger partial charge in [0.1, 0.15) is 5.82 Å². The summed E-state index contributed by atoms with van der Waals surface area (Å²) in [7, 11) is 0. The van der Waals surface area contributed by atoms with Crippen molar-refractivity contribution in [1.29, 1.82) is 0 Å². The summed E-state index contributed by atoms with van der Waals surface area (Å²) in [5, 5.41) is 13.9. The number of nitro groups is 1. The molecule has 2 rings (SSSR count). The zero-order valence-corrected chi connectivity index (χ0v) is 12.2. The van der Waals surface area contributed by atoms with Crippen molar-refractivity contribution in [1.82, 2.24) is 0 Å². The van der Waals surface area contributed by atoms with Crippen molar-refractivity contribution in [3.63, 3.8) is 0 Å². The first-order chi connectivity index (χ1) is 9.49. The molecule has 1 N–H and O–H groups in total. The SMILES string of the molecule is CC(Nc1ccc(Br)c([N+](=O)[O-])c1)c1ccccc1F. The summed E-state index contributed by atoms with van der Waals surface area (Å²) in [4.78, 5) is 10.4. The molecule has 0 saturated heterocycles. The average Bonchev–Trinajstić information content (AvgIpc) is 2.41. The summed E-state index contributed by atoms with van der Waals surface area (Å²) >= 11 is 3.12. The van der Waals surface area contributed by atoms with E-state index in [4.69, 9.17) is 0 Å². The monoisotopic (exact) mass is 338 g/mol. The minimum atomic E-state index is -0.469. The van der Waals surface area contributed by atoms with Gasteiger partial charge in [-0.15, -0.1) is 0 Å². The molecule has 104 valence electrons. The number of hydrogen-bond acceptors (Lipinski definition) is 3. The molecule has 0 heterocycles. The lowest BCUT2D eigenvalue weighted by molar-refractivity contribution is -0.385. The fraction of sp³-hybridized carbons (Fsp3) is 0.143. The molecule has 6 heteroatoms. The second-order valence-corrected chi connectivity index (χ2v) is 5.17. The minimum Gasteiger partial charge on any atom is -0.378 e. The Morgan fingerprint density at radius 3 is 2.65 bits per heavy atom. The molecule has 0 aliphatic rings. The quantitative estimate of drug-likeness (QED) is 0.651. The molecule has 0 aliphatic heterocycles. The van der Waals surface area contributed by atoms with Gasteiger partial charge in [-0.25, -0.2) is 4.39 Å². The van der Waals surface area contributed by atoms with Gasteiger partial charge in [-0.05, 0) is 41.1 Å². The zero-order valence-electron chi connectivity index (χ0n) is 10.6. The van der Waals surface area contributed by atoms with E-state index < -0.39 is 4.92 Å². The van der Waals surface area contributed by atoms with Crippen LogP contribution in [0.25, 0.3) is 0 Å². The molecule has 1 atom stereocenters. The van der Waals surface area contributed by atoms with E-state index >= 15 is 0 Å². The van der Waals surface area contributed by atoms with E-state index in [0.29, 0.717) is 15.7 Å². The molecule has 0 aliphatic carbocycles. The highest BCUT2D eigenvalue weighted by Crippen LogP contribution is 2.30. The fourth-order valence-electron chi connectivity index (χ4n) is 1.90. The normalized spacial score (nSPS) is 11.9. The fourth-order valence-corrected chi connectivity index (χ4v) is 2.29. The van der Waals surface area contributed by atoms with Crippen molar-refractivity contribution in [2.24, 2.45) is 0 Å². The van der Waals surface area contributed by atoms with Gasteiger partial charge in [0.2, 0.25) is 0 Å². The first-order valence-corrected chi connectivity index (χ1v) is 6.73. The molecule has 0 radical (unpaired) electrons. The highest BCUT2D eigenvalue weighted by molar-refractivity contribution is 9.10. The Labute approximate surface area is 123 Å². The molecule has 0 amide bonds. The third-order valence-corrected chi connectivity index (χ3v) is 3.57. The second-order valence-electron chi connectivity index (χ2n) is 4.31. The number of rotatable bonds is 4. The number of nitro benzene ring substituents is 1. The van der Waals surface area contributed by atoms with Crippen LogP contribution in [0.5, 0.6) is 0 Å². The molecule has 20 heavy (non-hydrogen) atoms. The van der Waals surface area contributed by atoms with E-state index in [2.05, 4.69) is 21.2 Å². The van der Waals surface area contributed by atoms with Crippen LogP contribution in [0.3, 0.4) is 0 Å². The van der Waals surface area contributed by atoms with Crippen LogP contribution in [-0.2, 0) is 0 Å². The predicted octanol–water partition coefficient (Wildman–Crippen LogP) is 4.67. The summed E-state index contributed by atoms with van der Waals surface area (Å²) in [5.74, 6) is -0.306. The van der Waals surface area contributed by atoms with Gasteiger partial charge in [0.25, 0.3) is 5.69 Å². The van der Waals surface area contributed by atoms with E-state index in [1.54, 1.807) is 37.3 Å². The van der Waals surface area contributed by atoms with E-state index in [-0.39, 0.29) is 17.5 Å². The van der Waals surface area contributed by atoms with Crippen LogP contribution in [0.4, 0.5) is 15.8 Å². The van der Waals surface area contributed by atoms with Gasteiger partial charge >= 0.3 is 0 Å². The summed E-state index contributed by atoms with van der Waals surface area (Å²) in [5.41, 5.74) is 1.05. The third-order valence-electron chi connectivity index (χ3n) is 2.90. The average molecular weight is 339 g/mol. The molecule has 0 aromatic heterocycles. The van der Waals surface area contributed by atoms with Gasteiger partial charge in [-0.3, -0.25) is 10.1 Å². The van der Waals surface area contributed by atoms with Crippen molar-refractivity contribution < 1.29 is 9.31 Å². The number of hydrogen-bond donors (Lipinski definition) is 1. The smallest absolute Gasteiger partial charge is 0.285 e. The Kier molecular flexibility index (Phi) is 4.34. The summed E-state index contributed by atoms with van der Waals surface area (Å²) < 4.78 is 14.1. The number of nitrogens with one attached hydrogen (secondary N) is 1. The predicted molar refractivity (Wildman–Crippen MR) is 79.2 cm³/mol. The van der Waals surface area contributed by atoms with Crippen molar-refractivity contribution in [2.75, 3.05) is 5.32 Å². The molecule has 2 aromatic carbocycles. The first-order valence-electron chi connectivity index (χ1n) is 5.94. The molecule has 0 bridgehead atoms. The Balaban J connectivity index is 2.24. The van der Waals surface area contributed by atoms with Crippen molar-refractivity contribution in [3.8, 4) is 0 Å². The van der Waals surface area contributed by atoms with Gasteiger partial charge in [-0.1, -0.05) is 18.2 Å². The van der Waals surface area contributed by atoms with Gasteiger partial charge in [0.15, 0.2) is 0 Å². The van der Waals surface area contributed by atoms with Crippen molar-refractivity contribution in [3.05, 3.63) is 68.4 Å². The molecule has 0 saturated carbocycles. The topological polar surface area (TPSA) is 55.2 Å². The number of halogens is 2. The highest BCUT2D eigenvalue weighted by atomic mass is 79.9. The minimum absolute atomic E-state index is 0.0317. The van der Waals surface area contributed by atoms with E-state index in [1.807, 2.05) is 0 Å². The third kappa shape index (κ3) is 3.14. The Morgan fingerprint density at radius 2 is 2.00 bits per heavy atom. The van der Waals surface area contributed by atoms with E-state index in [9.17, 15) is 14.5 Å². The lowest BCUT2D eigenvalue weighted by Gasteiger charge is -2.16. The first kappa shape index (κ1) is 14.5. The largest absolute Gasteiger partial charge is 0.378 e. The van der Waals surface area contributed by atoms with Gasteiger partial charge in [-0.2, -0.15) is 0 Å². The number of nitrogens with zero attached hydrogens (tertiary/aromatic N) is 1. The Bertz CT molecular complexity index is 649. The van der Waals surface area contributed by atoms with Crippen LogP contribution in [0, 0.1) is 15.9 Å². The van der Waals surface area contributed by atoms with Crippen LogP contribution < -0.4 is 5.32 Å². The molecular formula is C14H12BrFN2O2. The zero-order chi connectivity index (χ0) is 14.7. The molecular weight excluding hydrogens is 327 g/mol. The highest BCUT2D eigenvalue weighted by Gasteiger charge is 2.15. The van der Waals surface area contributed by atoms with Crippen LogP contribution in [0.15, 0.2) is 46.9 Å². The summed E-state index contributed by atoms with van der Waals surface area (Å²) in [6.07, 6.45) is 0. The van der Waals surface area contributed by atoms with E-state index in [1.165, 1.54) is 12.1 Å². The van der Waals surface area contributed by atoms with Crippen LogP contribution in [-0.4, -0.2) is 4.92 Å². The maximum absolute atomic E-state index is 13.7.